The first kappa shape index (κ1) is 12.9. The van der Waals surface area contributed by atoms with Crippen molar-refractivity contribution < 1.29 is 0 Å². The number of rotatable bonds is 2. The zero-order chi connectivity index (χ0) is 7.70. The van der Waals surface area contributed by atoms with Crippen LogP contribution in [0, 0.1) is 0 Å². The van der Waals surface area contributed by atoms with Gasteiger partial charge in [-0.25, -0.2) is 0 Å². The lowest BCUT2D eigenvalue weighted by atomic mass is 10.4. The van der Waals surface area contributed by atoms with Gasteiger partial charge >= 0.3 is 18.2 Å². The van der Waals surface area contributed by atoms with E-state index in [-0.39, 0.29) is 0 Å². The Kier molecular flexibility index (Phi) is 17.3. The molecular formula is C5H13Cl2MgN. The van der Waals surface area contributed by atoms with E-state index in [1.807, 2.05) is 0 Å². The fraction of sp³-hybridized carbons (Fsp3) is 1.00. The van der Waals surface area contributed by atoms with Crippen LogP contribution >= 0.6 is 18.1 Å². The average molecular weight is 182 g/mol. The monoisotopic (exact) mass is 181 g/mol. The van der Waals surface area contributed by atoms with E-state index in [1.165, 1.54) is 0 Å². The fourth-order valence-electron chi connectivity index (χ4n) is 0.408. The number of halogens is 2. The van der Waals surface area contributed by atoms with Crippen LogP contribution in [-0.4, -0.2) is 30.7 Å². The number of hydrogen-bond donors (Lipinski definition) is 1. The summed E-state index contributed by atoms with van der Waals surface area (Å²) in [5.74, 6) is 0. The smallest absolute Gasteiger partial charge is 0.315 e. The molecule has 1 N–H and O–H groups in total. The van der Waals surface area contributed by atoms with E-state index < -0.39 is 18.2 Å². The van der Waals surface area contributed by atoms with Crippen LogP contribution < -0.4 is 5.32 Å². The van der Waals surface area contributed by atoms with E-state index >= 15 is 0 Å². The van der Waals surface area contributed by atoms with E-state index in [0.29, 0.717) is 6.04 Å². The van der Waals surface area contributed by atoms with Gasteiger partial charge in [0, 0.05) is 6.04 Å². The fourth-order valence-corrected chi connectivity index (χ4v) is 0.408. The molecule has 0 amide bonds. The molecule has 0 saturated carbocycles. The van der Waals surface area contributed by atoms with Gasteiger partial charge in [-0.1, -0.05) is 20.8 Å². The maximum absolute atomic E-state index is 4.90. The van der Waals surface area contributed by atoms with Crippen LogP contribution in [0.4, 0.5) is 0 Å². The molecule has 0 heterocycles. The Balaban J connectivity index is 0. The minimum absolute atomic E-state index is 0.639. The predicted molar refractivity (Wildman–Crippen MR) is 46.3 cm³/mol. The topological polar surface area (TPSA) is 12.0 Å². The van der Waals surface area contributed by atoms with Gasteiger partial charge in [0.05, 0.1) is 0 Å². The minimum Gasteiger partial charge on any atom is -0.315 e. The first-order valence-electron chi connectivity index (χ1n) is 3.04. The van der Waals surface area contributed by atoms with E-state index in [9.17, 15) is 0 Å². The van der Waals surface area contributed by atoms with Crippen LogP contribution in [0.1, 0.15) is 20.8 Å². The summed E-state index contributed by atoms with van der Waals surface area (Å²) in [5.41, 5.74) is 0. The molecule has 0 rings (SSSR count). The predicted octanol–water partition coefficient (Wildman–Crippen LogP) is 2.00. The third-order valence-corrected chi connectivity index (χ3v) is 0.612. The number of nitrogens with one attached hydrogen (secondary N) is 1. The number of hydrogen-bond acceptors (Lipinski definition) is 1. The molecule has 0 aromatic heterocycles. The molecule has 54 valence electrons. The maximum Gasteiger partial charge on any atom is 0.618 e. The van der Waals surface area contributed by atoms with Gasteiger partial charge in [-0.3, -0.25) is 0 Å². The highest BCUT2D eigenvalue weighted by atomic mass is 35.6. The largest absolute Gasteiger partial charge is 0.618 e. The first-order valence-corrected chi connectivity index (χ1v) is 7.31. The summed E-state index contributed by atoms with van der Waals surface area (Å²) in [6.07, 6.45) is 0. The van der Waals surface area contributed by atoms with Gasteiger partial charge in [-0.05, 0) is 6.54 Å². The summed E-state index contributed by atoms with van der Waals surface area (Å²) >= 11 is -0.639. The Morgan fingerprint density at radius 2 is 1.78 bits per heavy atom. The molecule has 0 aromatic rings. The van der Waals surface area contributed by atoms with E-state index in [0.717, 1.165) is 6.54 Å². The van der Waals surface area contributed by atoms with E-state index in [4.69, 9.17) is 18.1 Å². The molecular weight excluding hydrogens is 169 g/mol. The highest BCUT2D eigenvalue weighted by Crippen LogP contribution is 1.70. The van der Waals surface area contributed by atoms with Crippen molar-refractivity contribution in [3.63, 3.8) is 0 Å². The molecule has 9 heavy (non-hydrogen) atoms. The Morgan fingerprint density at radius 1 is 1.44 bits per heavy atom. The molecule has 0 radical (unpaired) electrons. The van der Waals surface area contributed by atoms with Crippen molar-refractivity contribution in [1.82, 2.24) is 5.32 Å². The molecule has 0 saturated heterocycles. The van der Waals surface area contributed by atoms with Gasteiger partial charge in [0.1, 0.15) is 0 Å². The Morgan fingerprint density at radius 3 is 1.78 bits per heavy atom. The molecule has 0 fully saturated rings. The summed E-state index contributed by atoms with van der Waals surface area (Å²) in [7, 11) is 9.81. The van der Waals surface area contributed by atoms with Gasteiger partial charge in [0.15, 0.2) is 0 Å². The van der Waals surface area contributed by atoms with Crippen LogP contribution in [0.15, 0.2) is 0 Å². The highest BCUT2D eigenvalue weighted by Gasteiger charge is 1.82. The lowest BCUT2D eigenvalue weighted by Gasteiger charge is -2.00. The summed E-state index contributed by atoms with van der Waals surface area (Å²) in [4.78, 5) is 0. The van der Waals surface area contributed by atoms with Crippen molar-refractivity contribution in [1.29, 1.82) is 0 Å². The SMILES string of the molecule is CCNC(C)C.[Cl][Mg][Cl]. The minimum atomic E-state index is -0.639. The van der Waals surface area contributed by atoms with Gasteiger partial charge in [0.25, 0.3) is 0 Å². The van der Waals surface area contributed by atoms with Crippen molar-refractivity contribution in [2.75, 3.05) is 6.54 Å². The zero-order valence-corrected chi connectivity index (χ0v) is 9.17. The van der Waals surface area contributed by atoms with E-state index in [1.54, 1.807) is 0 Å². The second-order valence-corrected chi connectivity index (χ2v) is 4.44. The third-order valence-electron chi connectivity index (χ3n) is 0.612. The van der Waals surface area contributed by atoms with Gasteiger partial charge in [-0.2, -0.15) is 0 Å². The van der Waals surface area contributed by atoms with Crippen LogP contribution in [-0.2, 0) is 0 Å². The second-order valence-electron chi connectivity index (χ2n) is 1.81. The zero-order valence-electron chi connectivity index (χ0n) is 6.25. The highest BCUT2D eigenvalue weighted by molar-refractivity contribution is 7.22. The molecule has 0 unspecified atom stereocenters. The normalized spacial score (nSPS) is 7.78. The Bertz CT molecular complexity index is 43.9. The molecule has 4 heteroatoms. The van der Waals surface area contributed by atoms with Crippen molar-refractivity contribution in [2.45, 2.75) is 26.8 Å². The maximum atomic E-state index is 4.90. The summed E-state index contributed by atoms with van der Waals surface area (Å²) in [6.45, 7) is 7.48. The molecule has 0 aliphatic carbocycles. The first-order chi connectivity index (χ1) is 4.18. The van der Waals surface area contributed by atoms with Crippen LogP contribution in [0.25, 0.3) is 0 Å². The molecule has 0 spiro atoms. The molecule has 1 nitrogen and oxygen atoms in total. The Hall–Kier alpha value is 1.31. The standard InChI is InChI=1S/C5H13N.2ClH.Mg/c1-4-6-5(2)3;;;/h5-6H,4H2,1-3H3;2*1H;/q;;;+2/p-2. The summed E-state index contributed by atoms with van der Waals surface area (Å²) in [5, 5.41) is 3.21. The molecule has 0 bridgehead atoms. The van der Waals surface area contributed by atoms with E-state index in [2.05, 4.69) is 26.1 Å². The van der Waals surface area contributed by atoms with Gasteiger partial charge in [-0.15, -0.1) is 0 Å². The van der Waals surface area contributed by atoms with Crippen molar-refractivity contribution >= 4 is 36.3 Å². The molecule has 0 aliphatic rings. The molecule has 0 aliphatic heterocycles. The Labute approximate surface area is 74.8 Å². The lowest BCUT2D eigenvalue weighted by Crippen LogP contribution is -2.21. The third kappa shape index (κ3) is 26.8. The van der Waals surface area contributed by atoms with Crippen LogP contribution in [0.2, 0.25) is 0 Å². The van der Waals surface area contributed by atoms with Crippen molar-refractivity contribution in [2.24, 2.45) is 0 Å². The van der Waals surface area contributed by atoms with Gasteiger partial charge < -0.3 is 23.5 Å². The summed E-state index contributed by atoms with van der Waals surface area (Å²) < 4.78 is 0. The molecule has 0 atom stereocenters. The quantitative estimate of drug-likeness (QED) is 0.644. The molecule has 0 aromatic carbocycles. The lowest BCUT2D eigenvalue weighted by molar-refractivity contribution is 0.613. The van der Waals surface area contributed by atoms with Gasteiger partial charge in [0.2, 0.25) is 0 Å². The summed E-state index contributed by atoms with van der Waals surface area (Å²) in [6, 6.07) is 0.648. The van der Waals surface area contributed by atoms with Crippen LogP contribution in [0.3, 0.4) is 0 Å². The average Bonchev–Trinajstić information content (AvgIpc) is 1.67. The van der Waals surface area contributed by atoms with Crippen molar-refractivity contribution in [3.05, 3.63) is 0 Å². The second kappa shape index (κ2) is 12.0. The van der Waals surface area contributed by atoms with Crippen LogP contribution in [0.5, 0.6) is 0 Å². The van der Waals surface area contributed by atoms with Crippen molar-refractivity contribution in [3.8, 4) is 0 Å².